The Morgan fingerprint density at radius 2 is 2.08 bits per heavy atom. The molecule has 0 bridgehead atoms. The zero-order valence-corrected chi connectivity index (χ0v) is 17.1. The van der Waals surface area contributed by atoms with Gasteiger partial charge in [-0.05, 0) is 29.8 Å². The predicted molar refractivity (Wildman–Crippen MR) is 103 cm³/mol. The Hall–Kier alpha value is -1.83. The fourth-order valence-electron chi connectivity index (χ4n) is 2.20. The standard InChI is InChI=1S/C18H23N3O2SSi/c1-18(2,3)25(4,5)23-11-13-8-14(10-19-9-13)16(22)15-17-21(12-20-15)6-7-24-17/h6-10,12H,11H2,1-5H3. The van der Waals surface area contributed by atoms with Gasteiger partial charge in [-0.2, -0.15) is 0 Å². The van der Waals surface area contributed by atoms with Crippen molar-refractivity contribution in [3.63, 3.8) is 0 Å². The maximum atomic E-state index is 12.8. The molecule has 0 aliphatic carbocycles. The van der Waals surface area contributed by atoms with E-state index in [0.29, 0.717) is 17.9 Å². The van der Waals surface area contributed by atoms with E-state index in [0.717, 1.165) is 10.4 Å². The molecule has 0 amide bonds. The van der Waals surface area contributed by atoms with Crippen LogP contribution in [0, 0.1) is 0 Å². The summed E-state index contributed by atoms with van der Waals surface area (Å²) in [7, 11) is -1.84. The number of carbonyl (C=O) groups excluding carboxylic acids is 1. The Kier molecular flexibility index (Phi) is 4.65. The van der Waals surface area contributed by atoms with E-state index in [2.05, 4.69) is 43.8 Å². The lowest BCUT2D eigenvalue weighted by Crippen LogP contribution is -2.40. The van der Waals surface area contributed by atoms with E-state index in [1.54, 1.807) is 18.7 Å². The van der Waals surface area contributed by atoms with Crippen molar-refractivity contribution in [1.29, 1.82) is 0 Å². The van der Waals surface area contributed by atoms with Crippen molar-refractivity contribution < 1.29 is 9.22 Å². The maximum Gasteiger partial charge on any atom is 0.216 e. The average Bonchev–Trinajstić information content (AvgIpc) is 3.15. The Morgan fingerprint density at radius 1 is 1.32 bits per heavy atom. The van der Waals surface area contributed by atoms with Gasteiger partial charge in [-0.25, -0.2) is 4.98 Å². The van der Waals surface area contributed by atoms with E-state index in [1.165, 1.54) is 11.3 Å². The van der Waals surface area contributed by atoms with Crippen LogP contribution < -0.4 is 0 Å². The number of pyridine rings is 1. The number of aromatic nitrogens is 3. The SMILES string of the molecule is CC(C)(C)[Si](C)(C)OCc1cncc(C(=O)c2ncn3ccsc23)c1. The van der Waals surface area contributed by atoms with Crippen LogP contribution in [0.5, 0.6) is 0 Å². The summed E-state index contributed by atoms with van der Waals surface area (Å²) in [4.78, 5) is 22.1. The summed E-state index contributed by atoms with van der Waals surface area (Å²) >= 11 is 1.50. The molecule has 3 heterocycles. The molecule has 3 aromatic rings. The number of imidazole rings is 1. The fourth-order valence-corrected chi connectivity index (χ4v) is 3.96. The second kappa shape index (κ2) is 6.47. The minimum atomic E-state index is -1.84. The van der Waals surface area contributed by atoms with Crippen LogP contribution in [-0.2, 0) is 11.0 Å². The number of ketones is 1. The lowest BCUT2D eigenvalue weighted by atomic mass is 10.1. The normalized spacial score (nSPS) is 12.7. The molecule has 0 unspecified atom stereocenters. The number of fused-ring (bicyclic) bond motifs is 1. The maximum absolute atomic E-state index is 12.8. The fraction of sp³-hybridized carbons (Fsp3) is 0.389. The molecule has 0 aromatic carbocycles. The second-order valence-corrected chi connectivity index (χ2v) is 13.4. The molecule has 5 nitrogen and oxygen atoms in total. The number of carbonyl (C=O) groups is 1. The minimum absolute atomic E-state index is 0.105. The van der Waals surface area contributed by atoms with Gasteiger partial charge in [0.1, 0.15) is 16.9 Å². The van der Waals surface area contributed by atoms with Crippen LogP contribution in [0.2, 0.25) is 18.1 Å². The molecule has 3 rings (SSSR count). The largest absolute Gasteiger partial charge is 0.413 e. The van der Waals surface area contributed by atoms with Gasteiger partial charge < -0.3 is 4.43 Å². The van der Waals surface area contributed by atoms with E-state index in [1.807, 2.05) is 22.0 Å². The Bertz CT molecular complexity index is 908. The Labute approximate surface area is 152 Å². The first-order valence-corrected chi connectivity index (χ1v) is 12.0. The van der Waals surface area contributed by atoms with Gasteiger partial charge in [0.2, 0.25) is 5.78 Å². The first-order chi connectivity index (χ1) is 11.7. The molecule has 0 spiro atoms. The molecule has 0 aliphatic rings. The van der Waals surface area contributed by atoms with Crippen LogP contribution >= 0.6 is 11.3 Å². The van der Waals surface area contributed by atoms with Gasteiger partial charge in [-0.3, -0.25) is 14.2 Å². The molecule has 7 heteroatoms. The van der Waals surface area contributed by atoms with Crippen LogP contribution in [0.3, 0.4) is 0 Å². The van der Waals surface area contributed by atoms with Gasteiger partial charge in [-0.15, -0.1) is 11.3 Å². The number of nitrogens with zero attached hydrogens (tertiary/aromatic N) is 3. The zero-order chi connectivity index (χ0) is 18.2. The monoisotopic (exact) mass is 373 g/mol. The summed E-state index contributed by atoms with van der Waals surface area (Å²) in [5.74, 6) is -0.105. The van der Waals surface area contributed by atoms with Crippen molar-refractivity contribution in [2.75, 3.05) is 0 Å². The average molecular weight is 374 g/mol. The number of hydrogen-bond acceptors (Lipinski definition) is 5. The molecule has 0 atom stereocenters. The van der Waals surface area contributed by atoms with Crippen LogP contribution in [0.15, 0.2) is 36.4 Å². The highest BCUT2D eigenvalue weighted by Gasteiger charge is 2.37. The van der Waals surface area contributed by atoms with E-state index in [-0.39, 0.29) is 10.8 Å². The summed E-state index contributed by atoms with van der Waals surface area (Å²) < 4.78 is 8.09. The number of hydrogen-bond donors (Lipinski definition) is 0. The van der Waals surface area contributed by atoms with Gasteiger partial charge in [0.25, 0.3) is 0 Å². The molecule has 25 heavy (non-hydrogen) atoms. The van der Waals surface area contributed by atoms with E-state index >= 15 is 0 Å². The minimum Gasteiger partial charge on any atom is -0.413 e. The molecule has 0 aliphatic heterocycles. The zero-order valence-electron chi connectivity index (χ0n) is 15.2. The topological polar surface area (TPSA) is 56.5 Å². The summed E-state index contributed by atoms with van der Waals surface area (Å²) in [6.45, 7) is 11.5. The highest BCUT2D eigenvalue weighted by molar-refractivity contribution is 7.15. The molecule has 3 aromatic heterocycles. The van der Waals surface area contributed by atoms with Gasteiger partial charge in [0.05, 0.1) is 6.61 Å². The molecular weight excluding hydrogens is 350 g/mol. The molecule has 0 saturated heterocycles. The number of thiazole rings is 1. The van der Waals surface area contributed by atoms with Crippen LogP contribution in [0.25, 0.3) is 4.83 Å². The Balaban J connectivity index is 1.80. The van der Waals surface area contributed by atoms with Crippen LogP contribution in [0.4, 0.5) is 0 Å². The lowest BCUT2D eigenvalue weighted by Gasteiger charge is -2.36. The predicted octanol–water partition coefficient (Wildman–Crippen LogP) is 4.54. The van der Waals surface area contributed by atoms with Gasteiger partial charge in [0.15, 0.2) is 8.32 Å². The summed E-state index contributed by atoms with van der Waals surface area (Å²) in [5, 5.41) is 2.09. The molecular formula is C18H23N3O2SSi. The van der Waals surface area contributed by atoms with E-state index in [4.69, 9.17) is 4.43 Å². The van der Waals surface area contributed by atoms with Crippen LogP contribution in [-0.4, -0.2) is 28.5 Å². The smallest absolute Gasteiger partial charge is 0.216 e. The van der Waals surface area contributed by atoms with Gasteiger partial charge in [0, 0.05) is 29.5 Å². The van der Waals surface area contributed by atoms with Crippen LogP contribution in [0.1, 0.15) is 42.4 Å². The van der Waals surface area contributed by atoms with Crippen molar-refractivity contribution in [2.24, 2.45) is 0 Å². The first-order valence-electron chi connectivity index (χ1n) is 8.22. The lowest BCUT2D eigenvalue weighted by molar-refractivity contribution is 0.103. The second-order valence-electron chi connectivity index (χ2n) is 7.67. The van der Waals surface area contributed by atoms with Crippen molar-refractivity contribution in [3.05, 3.63) is 53.2 Å². The highest BCUT2D eigenvalue weighted by Crippen LogP contribution is 2.37. The summed E-state index contributed by atoms with van der Waals surface area (Å²) in [5.41, 5.74) is 1.93. The third-order valence-corrected chi connectivity index (χ3v) is 10.2. The first kappa shape index (κ1) is 18.0. The van der Waals surface area contributed by atoms with Crippen molar-refractivity contribution in [3.8, 4) is 0 Å². The summed E-state index contributed by atoms with van der Waals surface area (Å²) in [6, 6.07) is 1.86. The Morgan fingerprint density at radius 3 is 2.80 bits per heavy atom. The molecule has 0 fully saturated rings. The van der Waals surface area contributed by atoms with E-state index in [9.17, 15) is 4.79 Å². The van der Waals surface area contributed by atoms with Gasteiger partial charge >= 0.3 is 0 Å². The third-order valence-electron chi connectivity index (χ3n) is 4.83. The van der Waals surface area contributed by atoms with E-state index < -0.39 is 8.32 Å². The molecule has 132 valence electrons. The summed E-state index contributed by atoms with van der Waals surface area (Å²) in [6.07, 6.45) is 6.91. The number of rotatable bonds is 5. The quantitative estimate of drug-likeness (QED) is 0.486. The molecule has 0 radical (unpaired) electrons. The van der Waals surface area contributed by atoms with Crippen molar-refractivity contribution in [1.82, 2.24) is 14.4 Å². The van der Waals surface area contributed by atoms with Crippen molar-refractivity contribution in [2.45, 2.75) is 45.5 Å². The third kappa shape index (κ3) is 3.58. The highest BCUT2D eigenvalue weighted by atomic mass is 32.1. The van der Waals surface area contributed by atoms with Crippen molar-refractivity contribution >= 4 is 30.3 Å². The van der Waals surface area contributed by atoms with Gasteiger partial charge in [-0.1, -0.05) is 20.8 Å². The molecule has 0 saturated carbocycles. The molecule has 0 N–H and O–H groups in total.